The molecule has 1 fully saturated rings. The Hall–Kier alpha value is -3.52. The molecule has 2 N–H and O–H groups in total. The number of amides is 2. The molecule has 0 aliphatic carbocycles. The van der Waals surface area contributed by atoms with Crippen LogP contribution in [0, 0.1) is 0 Å². The number of likely N-dealkylation sites (tertiary alicyclic amines) is 1. The third kappa shape index (κ3) is 16.9. The normalized spacial score (nSPS) is 15.1. The van der Waals surface area contributed by atoms with E-state index < -0.39 is 6.04 Å². The quantitative estimate of drug-likeness (QED) is 0.0659. The maximum atomic E-state index is 14.1. The van der Waals surface area contributed by atoms with Crippen LogP contribution in [0.2, 0.25) is 0 Å². The van der Waals surface area contributed by atoms with E-state index in [1.165, 1.54) is 128 Å². The van der Waals surface area contributed by atoms with Gasteiger partial charge in [-0.25, -0.2) is 4.98 Å². The summed E-state index contributed by atoms with van der Waals surface area (Å²) in [6.07, 6.45) is 32.8. The third-order valence-electron chi connectivity index (χ3n) is 12.1. The molecule has 4 rings (SSSR count). The van der Waals surface area contributed by atoms with Crippen LogP contribution in [-0.4, -0.2) is 63.2 Å². The number of benzene rings is 2. The van der Waals surface area contributed by atoms with E-state index >= 15 is 0 Å². The predicted molar refractivity (Wildman–Crippen MR) is 232 cm³/mol. The molecule has 1 saturated heterocycles. The van der Waals surface area contributed by atoms with Crippen molar-refractivity contribution in [2.75, 3.05) is 19.6 Å². The largest absolute Gasteiger partial charge is 0.343 e. The summed E-state index contributed by atoms with van der Waals surface area (Å²) < 4.78 is 1.90. The fourth-order valence-corrected chi connectivity index (χ4v) is 8.47. The average Bonchev–Trinajstić information content (AvgIpc) is 3.74. The van der Waals surface area contributed by atoms with E-state index in [0.717, 1.165) is 31.4 Å². The van der Waals surface area contributed by atoms with Gasteiger partial charge in [0.05, 0.1) is 12.6 Å². The van der Waals surface area contributed by atoms with Gasteiger partial charge < -0.3 is 15.5 Å². The molecule has 2 amide bonds. The summed E-state index contributed by atoms with van der Waals surface area (Å²) >= 11 is 0. The Morgan fingerprint density at radius 1 is 0.696 bits per heavy atom. The number of rotatable bonds is 30. The van der Waals surface area contributed by atoms with Crippen LogP contribution in [0.1, 0.15) is 166 Å². The highest BCUT2D eigenvalue weighted by Gasteiger charge is 2.39. The van der Waals surface area contributed by atoms with E-state index in [4.69, 9.17) is 0 Å². The molecule has 2 heterocycles. The SMILES string of the molecule is CCCCCCCCCCCCCCCCCCCCCCN[C@@H](C)C(=O)N[C@@H](Cc1ccccc1)C(=O)N1CCC(Cn2cncn2)(c2ccccc2)CC1. The zero-order chi connectivity index (χ0) is 39.5. The number of carbonyl (C=O) groups excluding carboxylic acids is 2. The Balaban J connectivity index is 1.09. The van der Waals surface area contributed by atoms with Gasteiger partial charge >= 0.3 is 0 Å². The second kappa shape index (κ2) is 27.2. The first-order chi connectivity index (χ1) is 27.5. The first-order valence-corrected chi connectivity index (χ1v) is 22.7. The minimum absolute atomic E-state index is 0.00842. The van der Waals surface area contributed by atoms with Crippen LogP contribution in [0.5, 0.6) is 0 Å². The fraction of sp³-hybridized carbons (Fsp3) is 0.667. The van der Waals surface area contributed by atoms with Crippen molar-refractivity contribution in [3.63, 3.8) is 0 Å². The molecule has 1 aromatic heterocycles. The van der Waals surface area contributed by atoms with Crippen molar-refractivity contribution >= 4 is 11.8 Å². The Morgan fingerprint density at radius 3 is 1.70 bits per heavy atom. The highest BCUT2D eigenvalue weighted by molar-refractivity contribution is 5.90. The number of carbonyl (C=O) groups is 2. The summed E-state index contributed by atoms with van der Waals surface area (Å²) in [6.45, 7) is 6.97. The highest BCUT2D eigenvalue weighted by atomic mass is 16.2. The van der Waals surface area contributed by atoms with Gasteiger partial charge in [0.2, 0.25) is 11.8 Å². The minimum Gasteiger partial charge on any atom is -0.343 e. The van der Waals surface area contributed by atoms with E-state index in [-0.39, 0.29) is 23.3 Å². The van der Waals surface area contributed by atoms with Crippen LogP contribution in [-0.2, 0) is 28.0 Å². The summed E-state index contributed by atoms with van der Waals surface area (Å²) in [4.78, 5) is 33.7. The first-order valence-electron chi connectivity index (χ1n) is 22.7. The fourth-order valence-electron chi connectivity index (χ4n) is 8.47. The maximum Gasteiger partial charge on any atom is 0.245 e. The highest BCUT2D eigenvalue weighted by Crippen LogP contribution is 2.37. The lowest BCUT2D eigenvalue weighted by Crippen LogP contribution is -2.56. The topological polar surface area (TPSA) is 92.2 Å². The second-order valence-electron chi connectivity index (χ2n) is 16.7. The lowest BCUT2D eigenvalue weighted by molar-refractivity contribution is -0.138. The van der Waals surface area contributed by atoms with E-state index in [1.54, 1.807) is 12.7 Å². The number of hydrogen-bond donors (Lipinski definition) is 2. The average molecular weight is 769 g/mol. The van der Waals surface area contributed by atoms with Crippen molar-refractivity contribution in [3.8, 4) is 0 Å². The predicted octanol–water partition coefficient (Wildman–Crippen LogP) is 10.4. The van der Waals surface area contributed by atoms with E-state index in [0.29, 0.717) is 26.1 Å². The molecule has 0 unspecified atom stereocenters. The molecule has 2 atom stereocenters. The standard InChI is InChI=1S/C48H76N6O2/c1-3-4-5-6-7-8-9-10-11-12-13-14-15-16-17-18-19-20-21-28-35-50-42(2)46(55)52-45(38-43-29-24-22-25-30-43)47(56)53-36-33-48(34-37-53,39-54-41-49-40-51-54)44-31-26-23-27-32-44/h22-27,29-32,40-42,45,50H,3-21,28,33-39H2,1-2H3,(H,52,55)/t42-,45-/m0/s1. The van der Waals surface area contributed by atoms with Gasteiger partial charge in [0.25, 0.3) is 0 Å². The van der Waals surface area contributed by atoms with E-state index in [2.05, 4.69) is 51.9 Å². The zero-order valence-corrected chi connectivity index (χ0v) is 35.3. The first kappa shape index (κ1) is 45.2. The Bertz CT molecular complexity index is 1420. The number of unbranched alkanes of at least 4 members (excludes halogenated alkanes) is 19. The van der Waals surface area contributed by atoms with Gasteiger partial charge in [-0.1, -0.05) is 190 Å². The molecule has 0 bridgehead atoms. The summed E-state index contributed by atoms with van der Waals surface area (Å²) in [7, 11) is 0. The Morgan fingerprint density at radius 2 is 1.20 bits per heavy atom. The summed E-state index contributed by atoms with van der Waals surface area (Å²) in [5, 5.41) is 11.0. The van der Waals surface area contributed by atoms with Crippen molar-refractivity contribution in [3.05, 3.63) is 84.4 Å². The molecule has 0 spiro atoms. The molecule has 1 aliphatic heterocycles. The summed E-state index contributed by atoms with van der Waals surface area (Å²) in [5.74, 6) is -0.125. The van der Waals surface area contributed by atoms with Crippen LogP contribution < -0.4 is 10.6 Å². The van der Waals surface area contributed by atoms with Gasteiger partial charge in [0, 0.05) is 24.9 Å². The lowest BCUT2D eigenvalue weighted by atomic mass is 9.72. The van der Waals surface area contributed by atoms with Gasteiger partial charge in [-0.2, -0.15) is 5.10 Å². The van der Waals surface area contributed by atoms with Gasteiger partial charge in [0.1, 0.15) is 18.7 Å². The van der Waals surface area contributed by atoms with Crippen LogP contribution in [0.25, 0.3) is 0 Å². The van der Waals surface area contributed by atoms with Crippen LogP contribution >= 0.6 is 0 Å². The van der Waals surface area contributed by atoms with Crippen LogP contribution in [0.4, 0.5) is 0 Å². The minimum atomic E-state index is -0.617. The number of piperidine rings is 1. The van der Waals surface area contributed by atoms with Gasteiger partial charge in [-0.3, -0.25) is 14.3 Å². The molecule has 0 radical (unpaired) electrons. The molecular weight excluding hydrogens is 693 g/mol. The Kier molecular flexibility index (Phi) is 21.9. The second-order valence-corrected chi connectivity index (χ2v) is 16.7. The number of nitrogens with zero attached hydrogens (tertiary/aromatic N) is 4. The van der Waals surface area contributed by atoms with Gasteiger partial charge in [-0.05, 0) is 43.9 Å². The molecular formula is C48H76N6O2. The van der Waals surface area contributed by atoms with Gasteiger partial charge in [0.15, 0.2) is 0 Å². The van der Waals surface area contributed by atoms with Crippen molar-refractivity contribution in [2.45, 2.75) is 186 Å². The molecule has 56 heavy (non-hydrogen) atoms. The lowest BCUT2D eigenvalue weighted by Gasteiger charge is -2.43. The number of hydrogen-bond acceptors (Lipinski definition) is 5. The molecule has 1 aliphatic rings. The van der Waals surface area contributed by atoms with Crippen molar-refractivity contribution < 1.29 is 9.59 Å². The summed E-state index contributed by atoms with van der Waals surface area (Å²) in [6, 6.07) is 19.6. The molecule has 8 heteroatoms. The zero-order valence-electron chi connectivity index (χ0n) is 35.3. The molecule has 3 aromatic rings. The molecule has 2 aromatic carbocycles. The molecule has 0 saturated carbocycles. The van der Waals surface area contributed by atoms with E-state index in [9.17, 15) is 9.59 Å². The third-order valence-corrected chi connectivity index (χ3v) is 12.1. The van der Waals surface area contributed by atoms with E-state index in [1.807, 2.05) is 52.9 Å². The molecule has 310 valence electrons. The van der Waals surface area contributed by atoms with Crippen molar-refractivity contribution in [1.82, 2.24) is 30.3 Å². The number of aromatic nitrogens is 3. The monoisotopic (exact) mass is 769 g/mol. The van der Waals surface area contributed by atoms with Crippen LogP contribution in [0.15, 0.2) is 73.3 Å². The van der Waals surface area contributed by atoms with Crippen molar-refractivity contribution in [1.29, 1.82) is 0 Å². The molecule has 8 nitrogen and oxygen atoms in total. The van der Waals surface area contributed by atoms with Crippen molar-refractivity contribution in [2.24, 2.45) is 0 Å². The number of nitrogens with one attached hydrogen (secondary N) is 2. The summed E-state index contributed by atoms with van der Waals surface area (Å²) in [5.41, 5.74) is 2.16. The van der Waals surface area contributed by atoms with Crippen LogP contribution in [0.3, 0.4) is 0 Å². The Labute approximate surface area is 340 Å². The van der Waals surface area contributed by atoms with Gasteiger partial charge in [-0.15, -0.1) is 0 Å². The smallest absolute Gasteiger partial charge is 0.245 e. The maximum absolute atomic E-state index is 14.1.